The second-order valence-corrected chi connectivity index (χ2v) is 4.64. The lowest BCUT2D eigenvalue weighted by atomic mass is 10.0. The third-order valence-corrected chi connectivity index (χ3v) is 3.26. The molecule has 0 radical (unpaired) electrons. The smallest absolute Gasteiger partial charge is 0.251 e. The maximum Gasteiger partial charge on any atom is 0.251 e. The zero-order valence-corrected chi connectivity index (χ0v) is 11.2. The minimum absolute atomic E-state index is 0.141. The SMILES string of the molecule is CCC(CCO)CNC(=O)c1ccc(N)c(Cl)c1. The topological polar surface area (TPSA) is 75.3 Å². The van der Waals surface area contributed by atoms with Crippen molar-refractivity contribution in [2.45, 2.75) is 19.8 Å². The summed E-state index contributed by atoms with van der Waals surface area (Å²) in [5.74, 6) is 0.122. The van der Waals surface area contributed by atoms with Crippen LogP contribution in [0.5, 0.6) is 0 Å². The Kier molecular flexibility index (Phi) is 5.95. The molecule has 1 unspecified atom stereocenters. The molecule has 0 heterocycles. The van der Waals surface area contributed by atoms with Crippen LogP contribution in [0.2, 0.25) is 5.02 Å². The predicted molar refractivity (Wildman–Crippen MR) is 73.7 cm³/mol. The largest absolute Gasteiger partial charge is 0.398 e. The Morgan fingerprint density at radius 2 is 2.28 bits per heavy atom. The number of hydrogen-bond donors (Lipinski definition) is 3. The highest BCUT2D eigenvalue weighted by Gasteiger charge is 2.10. The Morgan fingerprint density at radius 1 is 1.56 bits per heavy atom. The molecular formula is C13H19ClN2O2. The van der Waals surface area contributed by atoms with E-state index in [0.717, 1.165) is 6.42 Å². The summed E-state index contributed by atoms with van der Waals surface area (Å²) < 4.78 is 0. The van der Waals surface area contributed by atoms with E-state index < -0.39 is 0 Å². The Bertz CT molecular complexity index is 410. The number of rotatable bonds is 6. The van der Waals surface area contributed by atoms with E-state index in [-0.39, 0.29) is 12.5 Å². The van der Waals surface area contributed by atoms with E-state index >= 15 is 0 Å². The van der Waals surface area contributed by atoms with E-state index in [1.807, 2.05) is 6.92 Å². The summed E-state index contributed by atoms with van der Waals surface area (Å²) in [6, 6.07) is 4.81. The summed E-state index contributed by atoms with van der Waals surface area (Å²) in [6.45, 7) is 2.73. The summed E-state index contributed by atoms with van der Waals surface area (Å²) in [4.78, 5) is 11.9. The molecule has 18 heavy (non-hydrogen) atoms. The van der Waals surface area contributed by atoms with E-state index in [0.29, 0.717) is 35.2 Å². The number of amides is 1. The van der Waals surface area contributed by atoms with Gasteiger partial charge >= 0.3 is 0 Å². The van der Waals surface area contributed by atoms with Crippen molar-refractivity contribution in [3.8, 4) is 0 Å². The van der Waals surface area contributed by atoms with Gasteiger partial charge in [0.05, 0.1) is 10.7 Å². The molecule has 5 heteroatoms. The van der Waals surface area contributed by atoms with E-state index in [2.05, 4.69) is 5.32 Å². The number of carbonyl (C=O) groups excluding carboxylic acids is 1. The molecule has 0 aromatic heterocycles. The number of carbonyl (C=O) groups is 1. The van der Waals surface area contributed by atoms with Crippen molar-refractivity contribution in [1.29, 1.82) is 0 Å². The molecular weight excluding hydrogens is 252 g/mol. The van der Waals surface area contributed by atoms with E-state index in [9.17, 15) is 4.79 Å². The number of nitrogens with one attached hydrogen (secondary N) is 1. The molecule has 1 aromatic carbocycles. The van der Waals surface area contributed by atoms with Crippen LogP contribution in [0.3, 0.4) is 0 Å². The van der Waals surface area contributed by atoms with Crippen molar-refractivity contribution in [1.82, 2.24) is 5.32 Å². The van der Waals surface area contributed by atoms with Gasteiger partial charge in [0.1, 0.15) is 0 Å². The molecule has 0 bridgehead atoms. The van der Waals surface area contributed by atoms with Crippen molar-refractivity contribution < 1.29 is 9.90 Å². The maximum atomic E-state index is 11.9. The summed E-state index contributed by atoms with van der Waals surface area (Å²) >= 11 is 5.86. The fourth-order valence-electron chi connectivity index (χ4n) is 1.64. The van der Waals surface area contributed by atoms with Gasteiger partial charge in [-0.2, -0.15) is 0 Å². The molecule has 1 rings (SSSR count). The average molecular weight is 271 g/mol. The molecule has 1 aromatic rings. The lowest BCUT2D eigenvalue weighted by Crippen LogP contribution is -2.29. The molecule has 4 N–H and O–H groups in total. The van der Waals surface area contributed by atoms with Crippen LogP contribution < -0.4 is 11.1 Å². The van der Waals surface area contributed by atoms with E-state index in [4.69, 9.17) is 22.4 Å². The monoisotopic (exact) mass is 270 g/mol. The van der Waals surface area contributed by atoms with Gasteiger partial charge in [0, 0.05) is 18.7 Å². The van der Waals surface area contributed by atoms with Crippen molar-refractivity contribution >= 4 is 23.2 Å². The van der Waals surface area contributed by atoms with Crippen molar-refractivity contribution in [2.75, 3.05) is 18.9 Å². The summed E-state index contributed by atoms with van der Waals surface area (Å²) in [5, 5.41) is 12.1. The number of anilines is 1. The Hall–Kier alpha value is -1.26. The van der Waals surface area contributed by atoms with E-state index in [1.54, 1.807) is 18.2 Å². The summed E-state index contributed by atoms with van der Waals surface area (Å²) in [7, 11) is 0. The second kappa shape index (κ2) is 7.24. The first-order chi connectivity index (χ1) is 8.58. The molecule has 0 fully saturated rings. The first kappa shape index (κ1) is 14.8. The highest BCUT2D eigenvalue weighted by molar-refractivity contribution is 6.33. The number of aliphatic hydroxyl groups excluding tert-OH is 1. The first-order valence-corrected chi connectivity index (χ1v) is 6.40. The number of nitrogens with two attached hydrogens (primary N) is 1. The number of halogens is 1. The molecule has 0 saturated heterocycles. The molecule has 1 atom stereocenters. The minimum Gasteiger partial charge on any atom is -0.398 e. The molecule has 0 spiro atoms. The van der Waals surface area contributed by atoms with Gasteiger partial charge in [-0.15, -0.1) is 0 Å². The number of aliphatic hydroxyl groups is 1. The van der Waals surface area contributed by atoms with Gasteiger partial charge in [-0.3, -0.25) is 4.79 Å². The van der Waals surface area contributed by atoms with Crippen LogP contribution in [0.4, 0.5) is 5.69 Å². The number of benzene rings is 1. The highest BCUT2D eigenvalue weighted by atomic mass is 35.5. The van der Waals surface area contributed by atoms with Crippen LogP contribution in [-0.2, 0) is 0 Å². The second-order valence-electron chi connectivity index (χ2n) is 4.23. The van der Waals surface area contributed by atoms with Crippen LogP contribution >= 0.6 is 11.6 Å². The molecule has 0 aliphatic rings. The Labute approximate surface area is 112 Å². The van der Waals surface area contributed by atoms with Gasteiger partial charge in [-0.05, 0) is 30.5 Å². The third-order valence-electron chi connectivity index (χ3n) is 2.93. The van der Waals surface area contributed by atoms with Gasteiger partial charge in [0.15, 0.2) is 0 Å². The average Bonchev–Trinajstić information content (AvgIpc) is 2.37. The third kappa shape index (κ3) is 4.20. The lowest BCUT2D eigenvalue weighted by Gasteiger charge is -2.14. The van der Waals surface area contributed by atoms with Gasteiger partial charge in [-0.1, -0.05) is 24.9 Å². The fraction of sp³-hybridized carbons (Fsp3) is 0.462. The van der Waals surface area contributed by atoms with Crippen molar-refractivity contribution in [2.24, 2.45) is 5.92 Å². The Balaban J connectivity index is 2.57. The lowest BCUT2D eigenvalue weighted by molar-refractivity contribution is 0.0943. The van der Waals surface area contributed by atoms with Gasteiger partial charge in [-0.25, -0.2) is 0 Å². The standard InChI is InChI=1S/C13H19ClN2O2/c1-2-9(5-6-17)8-16-13(18)10-3-4-12(15)11(14)7-10/h3-4,7,9,17H,2,5-6,8,15H2,1H3,(H,16,18). The van der Waals surface area contributed by atoms with E-state index in [1.165, 1.54) is 0 Å². The van der Waals surface area contributed by atoms with Crippen LogP contribution in [0.15, 0.2) is 18.2 Å². The zero-order valence-electron chi connectivity index (χ0n) is 10.4. The minimum atomic E-state index is -0.173. The highest BCUT2D eigenvalue weighted by Crippen LogP contribution is 2.19. The predicted octanol–water partition coefficient (Wildman–Crippen LogP) is 2.06. The molecule has 1 amide bonds. The van der Waals surface area contributed by atoms with Gasteiger partial charge < -0.3 is 16.2 Å². The Morgan fingerprint density at radius 3 is 2.83 bits per heavy atom. The quantitative estimate of drug-likeness (QED) is 0.693. The fourth-order valence-corrected chi connectivity index (χ4v) is 1.82. The maximum absolute atomic E-state index is 11.9. The van der Waals surface area contributed by atoms with Crippen LogP contribution in [0.1, 0.15) is 30.1 Å². The van der Waals surface area contributed by atoms with Gasteiger partial charge in [0.2, 0.25) is 0 Å². The van der Waals surface area contributed by atoms with Crippen molar-refractivity contribution in [3.05, 3.63) is 28.8 Å². The normalized spacial score (nSPS) is 12.2. The van der Waals surface area contributed by atoms with Crippen LogP contribution in [0.25, 0.3) is 0 Å². The van der Waals surface area contributed by atoms with Crippen molar-refractivity contribution in [3.63, 3.8) is 0 Å². The zero-order chi connectivity index (χ0) is 13.5. The first-order valence-electron chi connectivity index (χ1n) is 6.02. The van der Waals surface area contributed by atoms with Crippen LogP contribution in [0, 0.1) is 5.92 Å². The summed E-state index contributed by atoms with van der Waals surface area (Å²) in [5.41, 5.74) is 6.53. The summed E-state index contributed by atoms with van der Waals surface area (Å²) in [6.07, 6.45) is 1.61. The molecule has 0 saturated carbocycles. The van der Waals surface area contributed by atoms with Gasteiger partial charge in [0.25, 0.3) is 5.91 Å². The molecule has 100 valence electrons. The van der Waals surface area contributed by atoms with Crippen LogP contribution in [-0.4, -0.2) is 24.2 Å². The number of hydrogen-bond acceptors (Lipinski definition) is 3. The molecule has 0 aliphatic heterocycles. The molecule has 4 nitrogen and oxygen atoms in total. The number of nitrogen functional groups attached to an aromatic ring is 1. The molecule has 0 aliphatic carbocycles.